The molecule has 0 spiro atoms. The highest BCUT2D eigenvalue weighted by molar-refractivity contribution is 9.09. The Hall–Kier alpha value is -0.160. The number of hydrogen-bond donors (Lipinski definition) is 0. The molecule has 2 saturated heterocycles. The van der Waals surface area contributed by atoms with E-state index >= 15 is 0 Å². The summed E-state index contributed by atoms with van der Waals surface area (Å²) in [5, 5.41) is 1.17. The lowest BCUT2D eigenvalue weighted by molar-refractivity contribution is 0.482. The Bertz CT molecular complexity index is 381. The summed E-state index contributed by atoms with van der Waals surface area (Å²) >= 11 is 5.37. The van der Waals surface area contributed by atoms with E-state index in [1.165, 1.54) is 30.8 Å². The van der Waals surface area contributed by atoms with Crippen LogP contribution in [0.1, 0.15) is 44.9 Å². The van der Waals surface area contributed by atoms with Gasteiger partial charge in [0.05, 0.1) is 0 Å². The van der Waals surface area contributed by atoms with E-state index in [-0.39, 0.29) is 0 Å². The van der Waals surface area contributed by atoms with Crippen molar-refractivity contribution in [2.45, 2.75) is 62.4 Å². The maximum atomic E-state index is 4.71. The summed E-state index contributed by atoms with van der Waals surface area (Å²) in [6.45, 7) is 2.18. The van der Waals surface area contributed by atoms with Gasteiger partial charge < -0.3 is 4.90 Å². The van der Waals surface area contributed by atoms with E-state index in [2.05, 4.69) is 32.1 Å². The Morgan fingerprint density at radius 3 is 2.71 bits per heavy atom. The predicted octanol–water partition coefficient (Wildman–Crippen LogP) is 3.39. The highest BCUT2D eigenvalue weighted by Crippen LogP contribution is 2.41. The molecule has 1 aromatic heterocycles. The van der Waals surface area contributed by atoms with Crippen LogP contribution in [-0.4, -0.2) is 26.3 Å². The second-order valence-electron chi connectivity index (χ2n) is 5.10. The number of piperidine rings is 1. The molecule has 0 aliphatic carbocycles. The normalized spacial score (nSPS) is 32.1. The van der Waals surface area contributed by atoms with Crippen LogP contribution in [-0.2, 0) is 6.42 Å². The highest BCUT2D eigenvalue weighted by Gasteiger charge is 2.41. The molecule has 2 unspecified atom stereocenters. The molecular weight excluding hydrogens is 298 g/mol. The minimum atomic E-state index is 0.695. The van der Waals surface area contributed by atoms with Crippen molar-refractivity contribution >= 4 is 32.6 Å². The molecule has 2 aliphatic heterocycles. The summed E-state index contributed by atoms with van der Waals surface area (Å²) in [5.74, 6) is 1.04. The van der Waals surface area contributed by atoms with Crippen molar-refractivity contribution in [3.05, 3.63) is 5.82 Å². The standard InChI is InChI=1S/C12H18BrN3S/c1-2-3-11-14-12(17-15-11)16-9-4-5-10(16)7-8(13)6-9/h8-10H,2-7H2,1H3. The summed E-state index contributed by atoms with van der Waals surface area (Å²) in [6, 6.07) is 1.39. The number of fused-ring (bicyclic) bond motifs is 2. The van der Waals surface area contributed by atoms with Gasteiger partial charge in [0.2, 0.25) is 5.13 Å². The van der Waals surface area contributed by atoms with Crippen LogP contribution in [0.4, 0.5) is 5.13 Å². The first kappa shape index (κ1) is 11.9. The van der Waals surface area contributed by atoms with Crippen LogP contribution in [0.15, 0.2) is 0 Å². The molecule has 0 saturated carbocycles. The van der Waals surface area contributed by atoms with E-state index in [4.69, 9.17) is 4.98 Å². The molecule has 3 heterocycles. The summed E-state index contributed by atoms with van der Waals surface area (Å²) < 4.78 is 4.47. The molecule has 5 heteroatoms. The molecule has 2 bridgehead atoms. The number of hydrogen-bond acceptors (Lipinski definition) is 4. The van der Waals surface area contributed by atoms with E-state index in [1.54, 1.807) is 11.5 Å². The van der Waals surface area contributed by atoms with Gasteiger partial charge in [-0.3, -0.25) is 0 Å². The molecule has 2 aliphatic rings. The molecule has 17 heavy (non-hydrogen) atoms. The first-order chi connectivity index (χ1) is 8.28. The zero-order valence-electron chi connectivity index (χ0n) is 10.1. The fourth-order valence-electron chi connectivity index (χ4n) is 3.10. The first-order valence-electron chi connectivity index (χ1n) is 6.53. The summed E-state index contributed by atoms with van der Waals surface area (Å²) in [6.07, 6.45) is 7.33. The number of anilines is 1. The fourth-order valence-corrected chi connectivity index (χ4v) is 4.82. The van der Waals surface area contributed by atoms with E-state index in [1.807, 2.05) is 0 Å². The van der Waals surface area contributed by atoms with Crippen molar-refractivity contribution in [3.63, 3.8) is 0 Å². The molecule has 3 nitrogen and oxygen atoms in total. The largest absolute Gasteiger partial charge is 0.341 e. The van der Waals surface area contributed by atoms with Gasteiger partial charge in [0.25, 0.3) is 0 Å². The van der Waals surface area contributed by atoms with Gasteiger partial charge in [-0.15, -0.1) is 0 Å². The number of aryl methyl sites for hydroxylation is 1. The molecule has 0 aromatic carbocycles. The van der Waals surface area contributed by atoms with Crippen molar-refractivity contribution in [2.75, 3.05) is 4.90 Å². The van der Waals surface area contributed by atoms with Crippen LogP contribution < -0.4 is 4.90 Å². The zero-order valence-corrected chi connectivity index (χ0v) is 12.5. The zero-order chi connectivity index (χ0) is 11.8. The van der Waals surface area contributed by atoms with Gasteiger partial charge in [-0.05, 0) is 32.1 Å². The summed E-state index contributed by atoms with van der Waals surface area (Å²) in [7, 11) is 0. The van der Waals surface area contributed by atoms with Crippen LogP contribution in [0, 0.1) is 0 Å². The number of halogens is 1. The number of nitrogens with zero attached hydrogens (tertiary/aromatic N) is 3. The molecular formula is C12H18BrN3S. The number of alkyl halides is 1. The molecule has 0 amide bonds. The molecule has 1 aromatic rings. The van der Waals surface area contributed by atoms with Crippen LogP contribution in [0.3, 0.4) is 0 Å². The highest BCUT2D eigenvalue weighted by atomic mass is 79.9. The molecule has 94 valence electrons. The van der Waals surface area contributed by atoms with E-state index < -0.39 is 0 Å². The van der Waals surface area contributed by atoms with Gasteiger partial charge in [0.15, 0.2) is 0 Å². The quantitative estimate of drug-likeness (QED) is 0.801. The van der Waals surface area contributed by atoms with E-state index in [0.29, 0.717) is 16.9 Å². The topological polar surface area (TPSA) is 29.0 Å². The average Bonchev–Trinajstić information content (AvgIpc) is 2.83. The van der Waals surface area contributed by atoms with Crippen LogP contribution >= 0.6 is 27.5 Å². The Morgan fingerprint density at radius 2 is 2.06 bits per heavy atom. The summed E-state index contributed by atoms with van der Waals surface area (Å²) in [5.41, 5.74) is 0. The third kappa shape index (κ3) is 2.24. The van der Waals surface area contributed by atoms with Crippen LogP contribution in [0.25, 0.3) is 0 Å². The molecule has 2 atom stereocenters. The second-order valence-corrected chi connectivity index (χ2v) is 7.13. The second kappa shape index (κ2) is 4.84. The Morgan fingerprint density at radius 1 is 1.35 bits per heavy atom. The maximum Gasteiger partial charge on any atom is 0.205 e. The predicted molar refractivity (Wildman–Crippen MR) is 75.1 cm³/mol. The van der Waals surface area contributed by atoms with Crippen molar-refractivity contribution in [1.82, 2.24) is 9.36 Å². The van der Waals surface area contributed by atoms with Crippen molar-refractivity contribution in [2.24, 2.45) is 0 Å². The lowest BCUT2D eigenvalue weighted by Crippen LogP contribution is -2.43. The van der Waals surface area contributed by atoms with Crippen molar-refractivity contribution in [3.8, 4) is 0 Å². The van der Waals surface area contributed by atoms with Gasteiger partial charge in [-0.2, -0.15) is 4.37 Å². The fraction of sp³-hybridized carbons (Fsp3) is 0.833. The molecule has 0 N–H and O–H groups in total. The lowest BCUT2D eigenvalue weighted by atomic mass is 10.0. The minimum Gasteiger partial charge on any atom is -0.341 e. The first-order valence-corrected chi connectivity index (χ1v) is 8.21. The van der Waals surface area contributed by atoms with E-state index in [0.717, 1.165) is 18.7 Å². The molecule has 3 rings (SSSR count). The van der Waals surface area contributed by atoms with E-state index in [9.17, 15) is 0 Å². The maximum absolute atomic E-state index is 4.71. The van der Waals surface area contributed by atoms with Gasteiger partial charge in [-0.1, -0.05) is 22.9 Å². The van der Waals surface area contributed by atoms with Gasteiger partial charge >= 0.3 is 0 Å². The third-order valence-electron chi connectivity index (χ3n) is 3.83. The van der Waals surface area contributed by atoms with Gasteiger partial charge in [0.1, 0.15) is 5.82 Å². The number of rotatable bonds is 3. The van der Waals surface area contributed by atoms with Crippen LogP contribution in [0.5, 0.6) is 0 Å². The lowest BCUT2D eigenvalue weighted by Gasteiger charge is -2.36. The van der Waals surface area contributed by atoms with Crippen molar-refractivity contribution < 1.29 is 0 Å². The molecule has 2 fully saturated rings. The Labute approximate surface area is 115 Å². The summed E-state index contributed by atoms with van der Waals surface area (Å²) in [4.78, 5) is 7.97. The monoisotopic (exact) mass is 315 g/mol. The van der Waals surface area contributed by atoms with Gasteiger partial charge in [0, 0.05) is 34.9 Å². The average molecular weight is 316 g/mol. The SMILES string of the molecule is CCCc1nsc(N2C3CCC2CC(Br)C3)n1. The molecule has 0 radical (unpaired) electrons. The smallest absolute Gasteiger partial charge is 0.205 e. The number of aromatic nitrogens is 2. The van der Waals surface area contributed by atoms with Crippen molar-refractivity contribution in [1.29, 1.82) is 0 Å². The Balaban J connectivity index is 1.79. The minimum absolute atomic E-state index is 0.695. The van der Waals surface area contributed by atoms with Gasteiger partial charge in [-0.25, -0.2) is 4.98 Å². The van der Waals surface area contributed by atoms with Crippen LogP contribution in [0.2, 0.25) is 0 Å². The Kier molecular flexibility index (Phi) is 3.39. The third-order valence-corrected chi connectivity index (χ3v) is 5.34.